The van der Waals surface area contributed by atoms with E-state index in [4.69, 9.17) is 15.0 Å². The lowest BCUT2D eigenvalue weighted by Gasteiger charge is -2.57. The van der Waals surface area contributed by atoms with Gasteiger partial charge in [0, 0.05) is 16.7 Å². The second kappa shape index (κ2) is 11.5. The van der Waals surface area contributed by atoms with Gasteiger partial charge in [-0.1, -0.05) is 109 Å². The molecule has 11 rings (SSSR count). The second-order valence-electron chi connectivity index (χ2n) is 15.0. The monoisotopic (exact) mass is 644 g/mol. The lowest BCUT2D eigenvalue weighted by molar-refractivity contribution is -0.00518. The average molecular weight is 645 g/mol. The largest absolute Gasteiger partial charge is 0.208 e. The Morgan fingerprint density at radius 1 is 0.500 bits per heavy atom. The van der Waals surface area contributed by atoms with Crippen LogP contribution in [0.25, 0.3) is 66.8 Å². The van der Waals surface area contributed by atoms with E-state index in [0.717, 1.165) is 61.6 Å². The fraction of sp³-hybridized carbons (Fsp3) is 0.217. The molecule has 0 unspecified atom stereocenters. The van der Waals surface area contributed by atoms with E-state index in [9.17, 15) is 5.26 Å². The average Bonchev–Trinajstić information content (AvgIpc) is 3.17. The number of rotatable bonds is 5. The Labute approximate surface area is 292 Å². The van der Waals surface area contributed by atoms with E-state index in [-0.39, 0.29) is 0 Å². The molecule has 0 spiro atoms. The van der Waals surface area contributed by atoms with Gasteiger partial charge in [0.25, 0.3) is 0 Å². The minimum absolute atomic E-state index is 0.381. The Morgan fingerprint density at radius 3 is 1.74 bits per heavy atom. The molecular formula is C46H36N4. The number of hydrogen-bond acceptors (Lipinski definition) is 4. The van der Waals surface area contributed by atoms with Gasteiger partial charge in [0.05, 0.1) is 11.6 Å². The molecule has 240 valence electrons. The molecule has 4 aliphatic rings. The molecule has 0 atom stereocenters. The quantitative estimate of drug-likeness (QED) is 0.175. The number of aromatic nitrogens is 3. The molecular weight excluding hydrogens is 609 g/mol. The molecule has 4 aliphatic carbocycles. The third kappa shape index (κ3) is 4.91. The van der Waals surface area contributed by atoms with Crippen molar-refractivity contribution in [2.75, 3.05) is 0 Å². The third-order valence-corrected chi connectivity index (χ3v) is 11.9. The zero-order chi connectivity index (χ0) is 33.2. The van der Waals surface area contributed by atoms with Crippen molar-refractivity contribution in [3.63, 3.8) is 0 Å². The first-order chi connectivity index (χ1) is 24.6. The van der Waals surface area contributed by atoms with E-state index in [2.05, 4.69) is 97.1 Å². The van der Waals surface area contributed by atoms with Gasteiger partial charge in [-0.05, 0) is 118 Å². The Morgan fingerprint density at radius 2 is 1.06 bits per heavy atom. The van der Waals surface area contributed by atoms with Crippen LogP contribution < -0.4 is 0 Å². The summed E-state index contributed by atoms with van der Waals surface area (Å²) in [6.07, 6.45) is 8.51. The molecule has 1 heterocycles. The summed E-state index contributed by atoms with van der Waals surface area (Å²) >= 11 is 0. The van der Waals surface area contributed by atoms with Crippen molar-refractivity contribution in [2.45, 2.75) is 43.9 Å². The number of nitrogens with zero attached hydrogens (tertiary/aromatic N) is 4. The summed E-state index contributed by atoms with van der Waals surface area (Å²) < 4.78 is 0. The first-order valence-corrected chi connectivity index (χ1v) is 18.0. The summed E-state index contributed by atoms with van der Waals surface area (Å²) in [6.45, 7) is 0. The minimum Gasteiger partial charge on any atom is -0.208 e. The molecule has 0 radical (unpaired) electrons. The van der Waals surface area contributed by atoms with Gasteiger partial charge < -0.3 is 0 Å². The maximum absolute atomic E-state index is 9.39. The van der Waals surface area contributed by atoms with Crippen molar-refractivity contribution < 1.29 is 0 Å². The molecule has 4 nitrogen and oxygen atoms in total. The van der Waals surface area contributed by atoms with E-state index in [0.29, 0.717) is 28.5 Å². The highest BCUT2D eigenvalue weighted by Gasteiger charge is 2.51. The smallest absolute Gasteiger partial charge is 0.164 e. The lowest BCUT2D eigenvalue weighted by Crippen LogP contribution is -2.48. The topological polar surface area (TPSA) is 62.5 Å². The standard InChI is InChI=1S/C46H36N4/c47-28-29-10-18-40-35(23-29)11-12-36-24-37(15-19-41(36)40)44-48-43(34-6-2-1-3-7-34)49-45(50-44)42-9-5-4-8-39(42)33-13-16-38(17-14-33)46-25-30-20-31(26-46)22-32(21-30)27-46/h1-19,23-24,30-32H,20-22,25-27H2/t30-,31+,32?,46?. The molecule has 7 aromatic rings. The van der Waals surface area contributed by atoms with Crippen molar-refractivity contribution in [3.05, 3.63) is 139 Å². The van der Waals surface area contributed by atoms with Crippen LogP contribution in [0.5, 0.6) is 0 Å². The molecule has 0 N–H and O–H groups in total. The normalized spacial score (nSPS) is 22.2. The lowest BCUT2D eigenvalue weighted by atomic mass is 9.48. The molecule has 1 aromatic heterocycles. The number of benzene rings is 6. The maximum Gasteiger partial charge on any atom is 0.164 e. The van der Waals surface area contributed by atoms with Crippen molar-refractivity contribution in [2.24, 2.45) is 17.8 Å². The fourth-order valence-electron chi connectivity index (χ4n) is 10.0. The summed E-state index contributed by atoms with van der Waals surface area (Å²) in [5, 5.41) is 13.8. The van der Waals surface area contributed by atoms with Crippen molar-refractivity contribution in [1.82, 2.24) is 15.0 Å². The molecule has 4 bridgehead atoms. The molecule has 0 saturated heterocycles. The van der Waals surface area contributed by atoms with Gasteiger partial charge in [-0.25, -0.2) is 15.0 Å². The van der Waals surface area contributed by atoms with Crippen LogP contribution in [-0.2, 0) is 5.41 Å². The summed E-state index contributed by atoms with van der Waals surface area (Å²) in [7, 11) is 0. The Bertz CT molecular complexity index is 2440. The zero-order valence-corrected chi connectivity index (χ0v) is 27.9. The summed E-state index contributed by atoms with van der Waals surface area (Å²) in [4.78, 5) is 15.3. The van der Waals surface area contributed by atoms with Gasteiger partial charge in [-0.15, -0.1) is 0 Å². The Kier molecular flexibility index (Phi) is 6.71. The number of hydrogen-bond donors (Lipinski definition) is 0. The van der Waals surface area contributed by atoms with Crippen LogP contribution in [0.15, 0.2) is 127 Å². The van der Waals surface area contributed by atoms with Gasteiger partial charge in [0.15, 0.2) is 17.5 Å². The Hall–Kier alpha value is -5.66. The number of fused-ring (bicyclic) bond motifs is 3. The summed E-state index contributed by atoms with van der Waals surface area (Å²) in [5.74, 6) is 4.74. The highest BCUT2D eigenvalue weighted by atomic mass is 15.0. The Balaban J connectivity index is 1.07. The van der Waals surface area contributed by atoms with E-state index in [1.165, 1.54) is 44.1 Å². The van der Waals surface area contributed by atoms with Crippen LogP contribution in [0.3, 0.4) is 0 Å². The van der Waals surface area contributed by atoms with Gasteiger partial charge in [-0.2, -0.15) is 5.26 Å². The van der Waals surface area contributed by atoms with Crippen LogP contribution >= 0.6 is 0 Å². The first kappa shape index (κ1) is 29.3. The molecule has 0 amide bonds. The number of nitriles is 1. The SMILES string of the molecule is N#Cc1ccc2c(ccc3cc(-c4nc(-c5ccccc5)nc(-c5ccccc5-c5ccc(C67CC8C[C@H](C6)C[C@@H](C8)C7)cc5)n4)ccc32)c1. The molecule has 4 saturated carbocycles. The highest BCUT2D eigenvalue weighted by molar-refractivity contribution is 6.08. The van der Waals surface area contributed by atoms with E-state index in [1.54, 1.807) is 5.56 Å². The predicted octanol–water partition coefficient (Wildman–Crippen LogP) is 11.2. The van der Waals surface area contributed by atoms with Gasteiger partial charge >= 0.3 is 0 Å². The predicted molar refractivity (Wildman–Crippen MR) is 201 cm³/mol. The van der Waals surface area contributed by atoms with Crippen LogP contribution in [0.2, 0.25) is 0 Å². The van der Waals surface area contributed by atoms with Gasteiger partial charge in [0.1, 0.15) is 0 Å². The van der Waals surface area contributed by atoms with Crippen LogP contribution in [0.1, 0.15) is 49.7 Å². The first-order valence-electron chi connectivity index (χ1n) is 18.0. The molecule has 0 aliphatic heterocycles. The summed E-state index contributed by atoms with van der Waals surface area (Å²) in [6, 6.07) is 46.9. The zero-order valence-electron chi connectivity index (χ0n) is 27.9. The highest BCUT2D eigenvalue weighted by Crippen LogP contribution is 2.60. The molecule has 50 heavy (non-hydrogen) atoms. The minimum atomic E-state index is 0.381. The molecule has 4 fully saturated rings. The van der Waals surface area contributed by atoms with E-state index in [1.807, 2.05) is 36.4 Å². The van der Waals surface area contributed by atoms with Gasteiger partial charge in [-0.3, -0.25) is 0 Å². The van der Waals surface area contributed by atoms with Gasteiger partial charge in [0.2, 0.25) is 0 Å². The van der Waals surface area contributed by atoms with E-state index >= 15 is 0 Å². The van der Waals surface area contributed by atoms with Crippen molar-refractivity contribution >= 4 is 21.5 Å². The van der Waals surface area contributed by atoms with Crippen LogP contribution in [0.4, 0.5) is 0 Å². The van der Waals surface area contributed by atoms with Crippen molar-refractivity contribution in [1.29, 1.82) is 5.26 Å². The summed E-state index contributed by atoms with van der Waals surface area (Å²) in [5.41, 5.74) is 7.79. The van der Waals surface area contributed by atoms with E-state index < -0.39 is 0 Å². The molecule has 4 heteroatoms. The van der Waals surface area contributed by atoms with Crippen LogP contribution in [0, 0.1) is 29.1 Å². The molecule has 6 aromatic carbocycles. The maximum atomic E-state index is 9.39. The fourth-order valence-corrected chi connectivity index (χ4v) is 10.0. The second-order valence-corrected chi connectivity index (χ2v) is 15.0. The van der Waals surface area contributed by atoms with Crippen LogP contribution in [-0.4, -0.2) is 15.0 Å². The van der Waals surface area contributed by atoms with Crippen molar-refractivity contribution in [3.8, 4) is 51.4 Å². The third-order valence-electron chi connectivity index (χ3n) is 11.9.